The van der Waals surface area contributed by atoms with Crippen molar-refractivity contribution in [3.8, 4) is 0 Å². The van der Waals surface area contributed by atoms with Crippen LogP contribution in [0.5, 0.6) is 0 Å². The predicted molar refractivity (Wildman–Crippen MR) is 121 cm³/mol. The number of nitrogens with zero attached hydrogens (tertiary/aromatic N) is 1. The Bertz CT molecular complexity index is 1140. The Kier molecular flexibility index (Phi) is 7.25. The molecule has 0 saturated carbocycles. The summed E-state index contributed by atoms with van der Waals surface area (Å²) >= 11 is 0. The minimum absolute atomic E-state index is 0.00241. The second-order valence-electron chi connectivity index (χ2n) is 7.34. The monoisotopic (exact) mass is 467 g/mol. The van der Waals surface area contributed by atoms with E-state index in [4.69, 9.17) is 5.11 Å². The normalized spacial score (nSPS) is 13.9. The molecule has 0 heterocycles. The van der Waals surface area contributed by atoms with E-state index in [0.717, 1.165) is 30.4 Å². The first-order valence-corrected chi connectivity index (χ1v) is 13.3. The van der Waals surface area contributed by atoms with Crippen molar-refractivity contribution in [1.82, 2.24) is 4.31 Å². The number of nitrogens with one attached hydrogen (secondary N) is 2. The van der Waals surface area contributed by atoms with E-state index in [0.29, 0.717) is 18.8 Å². The number of aliphatic hydroxyl groups excluding tert-OH is 1. The first kappa shape index (κ1) is 23.5. The highest BCUT2D eigenvalue weighted by Crippen LogP contribution is 2.31. The van der Waals surface area contributed by atoms with Gasteiger partial charge in [-0.1, -0.05) is 19.9 Å². The molecule has 0 fully saturated rings. The lowest BCUT2D eigenvalue weighted by molar-refractivity contribution is 0.311. The van der Waals surface area contributed by atoms with Gasteiger partial charge in [0.25, 0.3) is 10.0 Å². The third-order valence-electron chi connectivity index (χ3n) is 5.39. The van der Waals surface area contributed by atoms with Gasteiger partial charge in [0.05, 0.1) is 27.8 Å². The van der Waals surface area contributed by atoms with Crippen molar-refractivity contribution in [2.75, 3.05) is 36.3 Å². The molecule has 0 aromatic heterocycles. The van der Waals surface area contributed by atoms with Crippen LogP contribution in [-0.4, -0.2) is 52.5 Å². The quantitative estimate of drug-likeness (QED) is 0.494. The molecule has 31 heavy (non-hydrogen) atoms. The number of benzene rings is 2. The average Bonchev–Trinajstić information content (AvgIpc) is 3.21. The topological polar surface area (TPSA) is 116 Å². The molecule has 0 unspecified atom stereocenters. The zero-order valence-corrected chi connectivity index (χ0v) is 19.4. The van der Waals surface area contributed by atoms with Crippen molar-refractivity contribution in [3.63, 3.8) is 0 Å². The van der Waals surface area contributed by atoms with E-state index in [1.807, 2.05) is 6.07 Å². The molecule has 0 spiro atoms. The number of fused-ring (bicyclic) bond motifs is 1. The largest absolute Gasteiger partial charge is 0.395 e. The van der Waals surface area contributed by atoms with E-state index in [9.17, 15) is 16.8 Å². The first-order valence-electron chi connectivity index (χ1n) is 10.4. The summed E-state index contributed by atoms with van der Waals surface area (Å²) in [5.41, 5.74) is 2.69. The van der Waals surface area contributed by atoms with Crippen molar-refractivity contribution in [3.05, 3.63) is 47.5 Å². The van der Waals surface area contributed by atoms with E-state index in [2.05, 4.69) is 10.0 Å². The Balaban J connectivity index is 2.01. The zero-order chi connectivity index (χ0) is 22.6. The van der Waals surface area contributed by atoms with Crippen molar-refractivity contribution < 1.29 is 21.9 Å². The Hall–Kier alpha value is -2.14. The third kappa shape index (κ3) is 5.03. The van der Waals surface area contributed by atoms with E-state index in [1.54, 1.807) is 26.0 Å². The van der Waals surface area contributed by atoms with Crippen LogP contribution in [-0.2, 0) is 32.9 Å². The highest BCUT2D eigenvalue weighted by molar-refractivity contribution is 7.92. The van der Waals surface area contributed by atoms with Gasteiger partial charge in [-0.25, -0.2) is 16.8 Å². The molecule has 3 N–H and O–H groups in total. The van der Waals surface area contributed by atoms with E-state index in [1.165, 1.54) is 22.5 Å². The average molecular weight is 468 g/mol. The van der Waals surface area contributed by atoms with Gasteiger partial charge < -0.3 is 10.4 Å². The Morgan fingerprint density at radius 1 is 0.903 bits per heavy atom. The number of anilines is 2. The van der Waals surface area contributed by atoms with Crippen LogP contribution < -0.4 is 10.0 Å². The van der Waals surface area contributed by atoms with Crippen LogP contribution in [0, 0.1) is 0 Å². The summed E-state index contributed by atoms with van der Waals surface area (Å²) in [6, 6.07) is 9.35. The van der Waals surface area contributed by atoms with Gasteiger partial charge in [-0.05, 0) is 60.7 Å². The van der Waals surface area contributed by atoms with E-state index in [-0.39, 0.29) is 28.6 Å². The van der Waals surface area contributed by atoms with Crippen molar-refractivity contribution in [2.24, 2.45) is 0 Å². The van der Waals surface area contributed by atoms with Crippen LogP contribution in [0.3, 0.4) is 0 Å². The molecule has 0 atom stereocenters. The lowest BCUT2D eigenvalue weighted by Gasteiger charge is -2.20. The number of sulfonamides is 2. The van der Waals surface area contributed by atoms with Gasteiger partial charge in [0, 0.05) is 19.6 Å². The molecule has 170 valence electrons. The van der Waals surface area contributed by atoms with E-state index < -0.39 is 20.0 Å². The van der Waals surface area contributed by atoms with Crippen LogP contribution in [0.2, 0.25) is 0 Å². The molecule has 3 rings (SSSR count). The van der Waals surface area contributed by atoms with Gasteiger partial charge in [-0.3, -0.25) is 4.72 Å². The van der Waals surface area contributed by atoms with Crippen LogP contribution in [0.15, 0.2) is 46.2 Å². The lowest BCUT2D eigenvalue weighted by atomic mass is 10.1. The maximum absolute atomic E-state index is 13.1. The number of aryl methyl sites for hydroxylation is 2. The number of hydrogen-bond donors (Lipinski definition) is 3. The fourth-order valence-corrected chi connectivity index (χ4v) is 6.35. The van der Waals surface area contributed by atoms with Gasteiger partial charge in [0.2, 0.25) is 10.0 Å². The Labute approximate surface area is 184 Å². The summed E-state index contributed by atoms with van der Waals surface area (Å²) < 4.78 is 55.9. The molecule has 0 saturated heterocycles. The first-order chi connectivity index (χ1) is 14.7. The smallest absolute Gasteiger partial charge is 0.261 e. The highest BCUT2D eigenvalue weighted by atomic mass is 32.2. The molecule has 10 heteroatoms. The fraction of sp³-hybridized carbons (Fsp3) is 0.429. The molecular weight excluding hydrogens is 438 g/mol. The molecule has 2 aromatic carbocycles. The van der Waals surface area contributed by atoms with Gasteiger partial charge in [-0.2, -0.15) is 4.31 Å². The van der Waals surface area contributed by atoms with Crippen molar-refractivity contribution in [1.29, 1.82) is 0 Å². The molecule has 2 aromatic rings. The lowest BCUT2D eigenvalue weighted by Crippen LogP contribution is -2.30. The molecule has 0 radical (unpaired) electrons. The van der Waals surface area contributed by atoms with Gasteiger partial charge in [0.1, 0.15) is 0 Å². The van der Waals surface area contributed by atoms with Crippen molar-refractivity contribution >= 4 is 31.4 Å². The minimum atomic E-state index is -3.94. The summed E-state index contributed by atoms with van der Waals surface area (Å²) in [4.78, 5) is 0.135. The van der Waals surface area contributed by atoms with Gasteiger partial charge >= 0.3 is 0 Å². The summed E-state index contributed by atoms with van der Waals surface area (Å²) in [7, 11) is -7.70. The SMILES string of the molecule is CCN(CC)S(=O)(=O)c1ccc(NCCO)c(NS(=O)(=O)c2ccc3c(c2)CCC3)c1. The maximum atomic E-state index is 13.1. The molecule has 0 aliphatic heterocycles. The van der Waals surface area contributed by atoms with Crippen LogP contribution in [0.1, 0.15) is 31.4 Å². The van der Waals surface area contributed by atoms with Gasteiger partial charge in [-0.15, -0.1) is 0 Å². The predicted octanol–water partition coefficient (Wildman–Crippen LogP) is 2.41. The maximum Gasteiger partial charge on any atom is 0.261 e. The third-order valence-corrected chi connectivity index (χ3v) is 8.80. The summed E-state index contributed by atoms with van der Waals surface area (Å²) in [6.45, 7) is 4.14. The Morgan fingerprint density at radius 2 is 1.58 bits per heavy atom. The number of rotatable bonds is 10. The van der Waals surface area contributed by atoms with Crippen molar-refractivity contribution in [2.45, 2.75) is 42.9 Å². The summed E-state index contributed by atoms with van der Waals surface area (Å²) in [5.74, 6) is 0. The number of aliphatic hydroxyl groups is 1. The number of hydrogen-bond acceptors (Lipinski definition) is 6. The molecule has 8 nitrogen and oxygen atoms in total. The molecular formula is C21H29N3O5S2. The molecule has 0 bridgehead atoms. The van der Waals surface area contributed by atoms with Crippen LogP contribution >= 0.6 is 0 Å². The summed E-state index contributed by atoms with van der Waals surface area (Å²) in [5, 5.41) is 12.1. The highest BCUT2D eigenvalue weighted by Gasteiger charge is 2.25. The molecule has 1 aliphatic rings. The van der Waals surface area contributed by atoms with Gasteiger partial charge in [0.15, 0.2) is 0 Å². The fourth-order valence-electron chi connectivity index (χ4n) is 3.74. The zero-order valence-electron chi connectivity index (χ0n) is 17.8. The Morgan fingerprint density at radius 3 is 2.26 bits per heavy atom. The second-order valence-corrected chi connectivity index (χ2v) is 11.0. The van der Waals surface area contributed by atoms with E-state index >= 15 is 0 Å². The minimum Gasteiger partial charge on any atom is -0.395 e. The van der Waals surface area contributed by atoms with Crippen LogP contribution in [0.4, 0.5) is 11.4 Å². The second kappa shape index (κ2) is 9.56. The summed E-state index contributed by atoms with van der Waals surface area (Å²) in [6.07, 6.45) is 2.80. The molecule has 0 amide bonds. The standard InChI is InChI=1S/C21H29N3O5S2/c1-3-24(4-2)31(28,29)19-10-11-20(22-12-13-25)21(15-19)23-30(26,27)18-9-8-16-6-5-7-17(16)14-18/h8-11,14-15,22-23,25H,3-7,12-13H2,1-2H3. The molecule has 1 aliphatic carbocycles. The van der Waals surface area contributed by atoms with Crippen LogP contribution in [0.25, 0.3) is 0 Å².